The van der Waals surface area contributed by atoms with Gasteiger partial charge in [-0.3, -0.25) is 4.57 Å². The minimum Gasteiger partial charge on any atom is -0.395 e. The van der Waals surface area contributed by atoms with Gasteiger partial charge < -0.3 is 18.6 Å². The SMILES string of the molecule is CCO[Si](C)(CCP(=O)(O)O)OCC. The zero-order valence-corrected chi connectivity index (χ0v) is 10.8. The van der Waals surface area contributed by atoms with E-state index in [4.69, 9.17) is 18.6 Å². The molecule has 86 valence electrons. The van der Waals surface area contributed by atoms with Gasteiger partial charge in [0.25, 0.3) is 0 Å². The molecule has 0 radical (unpaired) electrons. The largest absolute Gasteiger partial charge is 0.395 e. The van der Waals surface area contributed by atoms with Crippen molar-refractivity contribution in [3.05, 3.63) is 0 Å². The molecule has 0 amide bonds. The van der Waals surface area contributed by atoms with Crippen LogP contribution in [0.15, 0.2) is 0 Å². The fourth-order valence-electron chi connectivity index (χ4n) is 1.15. The highest BCUT2D eigenvalue weighted by atomic mass is 31.2. The number of hydrogen-bond acceptors (Lipinski definition) is 3. The topological polar surface area (TPSA) is 76.0 Å². The van der Waals surface area contributed by atoms with Crippen LogP contribution in [0.4, 0.5) is 0 Å². The van der Waals surface area contributed by atoms with Crippen molar-refractivity contribution in [3.8, 4) is 0 Å². The molecule has 14 heavy (non-hydrogen) atoms. The van der Waals surface area contributed by atoms with Crippen LogP contribution in [0.3, 0.4) is 0 Å². The van der Waals surface area contributed by atoms with Crippen molar-refractivity contribution in [2.24, 2.45) is 0 Å². The Morgan fingerprint density at radius 1 is 1.21 bits per heavy atom. The smallest absolute Gasteiger partial charge is 0.335 e. The predicted molar refractivity (Wildman–Crippen MR) is 56.6 cm³/mol. The molecular weight excluding hydrogens is 223 g/mol. The summed E-state index contributed by atoms with van der Waals surface area (Å²) < 4.78 is 21.6. The average Bonchev–Trinajstić information content (AvgIpc) is 2.01. The van der Waals surface area contributed by atoms with E-state index in [1.807, 2.05) is 20.4 Å². The summed E-state index contributed by atoms with van der Waals surface area (Å²) in [5, 5.41) is 0. The molecule has 0 spiro atoms. The Hall–Kier alpha value is 0.287. The molecule has 0 aliphatic heterocycles. The zero-order chi connectivity index (χ0) is 11.2. The quantitative estimate of drug-likeness (QED) is 0.520. The summed E-state index contributed by atoms with van der Waals surface area (Å²) >= 11 is 0. The minimum absolute atomic E-state index is 0.157. The molecule has 7 heteroatoms. The second-order valence-corrected chi connectivity index (χ2v) is 8.26. The summed E-state index contributed by atoms with van der Waals surface area (Å²) in [4.78, 5) is 17.5. The summed E-state index contributed by atoms with van der Waals surface area (Å²) in [5.41, 5.74) is 0. The fourth-order valence-corrected chi connectivity index (χ4v) is 5.53. The molecule has 5 nitrogen and oxygen atoms in total. The van der Waals surface area contributed by atoms with E-state index in [-0.39, 0.29) is 6.16 Å². The maximum absolute atomic E-state index is 10.7. The number of hydrogen-bond donors (Lipinski definition) is 2. The van der Waals surface area contributed by atoms with Crippen LogP contribution in [0, 0.1) is 0 Å². The fraction of sp³-hybridized carbons (Fsp3) is 1.00. The maximum atomic E-state index is 10.7. The van der Waals surface area contributed by atoms with Gasteiger partial charge in [-0.05, 0) is 20.4 Å². The second-order valence-electron chi connectivity index (χ2n) is 3.14. The van der Waals surface area contributed by atoms with E-state index in [1.165, 1.54) is 0 Å². The van der Waals surface area contributed by atoms with Crippen molar-refractivity contribution in [2.45, 2.75) is 26.4 Å². The standard InChI is InChI=1S/C7H19O5PSi/c1-4-11-14(3,12-5-2)7-6-13(8,9)10/h4-7H2,1-3H3,(H2,8,9,10). The van der Waals surface area contributed by atoms with Crippen LogP contribution in [0.5, 0.6) is 0 Å². The Bertz CT molecular complexity index is 198. The molecule has 0 aromatic carbocycles. The Labute approximate surface area is 85.8 Å². The molecule has 0 aromatic rings. The highest BCUT2D eigenvalue weighted by molar-refractivity contribution is 7.51. The molecule has 0 fully saturated rings. The van der Waals surface area contributed by atoms with Crippen LogP contribution < -0.4 is 0 Å². The molecule has 0 aromatic heterocycles. The van der Waals surface area contributed by atoms with Gasteiger partial charge in [-0.15, -0.1) is 0 Å². The molecule has 0 aliphatic rings. The summed E-state index contributed by atoms with van der Waals surface area (Å²) in [6, 6.07) is 0.332. The lowest BCUT2D eigenvalue weighted by molar-refractivity contribution is 0.190. The third-order valence-corrected chi connectivity index (χ3v) is 5.94. The van der Waals surface area contributed by atoms with Crippen LogP contribution in [0.1, 0.15) is 13.8 Å². The molecule has 0 aliphatic carbocycles. The molecule has 0 heterocycles. The van der Waals surface area contributed by atoms with Gasteiger partial charge in [-0.2, -0.15) is 0 Å². The summed E-state index contributed by atoms with van der Waals surface area (Å²) in [6.07, 6.45) is -0.157. The molecule has 0 saturated heterocycles. The molecule has 2 N–H and O–H groups in total. The van der Waals surface area contributed by atoms with Gasteiger partial charge >= 0.3 is 16.2 Å². The van der Waals surface area contributed by atoms with Gasteiger partial charge in [0.15, 0.2) is 0 Å². The van der Waals surface area contributed by atoms with Crippen LogP contribution in [0.25, 0.3) is 0 Å². The predicted octanol–water partition coefficient (Wildman–Crippen LogP) is 1.31. The third-order valence-electron chi connectivity index (χ3n) is 1.76. The van der Waals surface area contributed by atoms with Crippen LogP contribution >= 0.6 is 7.60 Å². The molecule has 0 unspecified atom stereocenters. The van der Waals surface area contributed by atoms with Crippen LogP contribution in [0.2, 0.25) is 12.6 Å². The van der Waals surface area contributed by atoms with Crippen molar-refractivity contribution in [1.29, 1.82) is 0 Å². The Kier molecular flexibility index (Phi) is 6.12. The van der Waals surface area contributed by atoms with E-state index in [9.17, 15) is 4.57 Å². The first-order valence-electron chi connectivity index (χ1n) is 4.65. The van der Waals surface area contributed by atoms with Gasteiger partial charge in [0, 0.05) is 19.3 Å². The van der Waals surface area contributed by atoms with E-state index < -0.39 is 16.2 Å². The van der Waals surface area contributed by atoms with E-state index in [0.29, 0.717) is 19.3 Å². The summed E-state index contributed by atoms with van der Waals surface area (Å²) in [5.74, 6) is 0. The highest BCUT2D eigenvalue weighted by Crippen LogP contribution is 2.37. The number of rotatable bonds is 7. The van der Waals surface area contributed by atoms with Crippen molar-refractivity contribution >= 4 is 16.2 Å². The lowest BCUT2D eigenvalue weighted by Crippen LogP contribution is -2.39. The van der Waals surface area contributed by atoms with Gasteiger partial charge in [0.05, 0.1) is 6.16 Å². The first-order chi connectivity index (χ1) is 6.33. The average molecular weight is 242 g/mol. The Balaban J connectivity index is 4.15. The van der Waals surface area contributed by atoms with Crippen molar-refractivity contribution in [1.82, 2.24) is 0 Å². The first-order valence-corrected chi connectivity index (χ1v) is 8.97. The molecule has 0 rings (SSSR count). The van der Waals surface area contributed by atoms with E-state index in [2.05, 4.69) is 0 Å². The molecular formula is C7H19O5PSi. The summed E-state index contributed by atoms with van der Waals surface area (Å²) in [6.45, 7) is 6.56. The zero-order valence-electron chi connectivity index (χ0n) is 8.89. The summed E-state index contributed by atoms with van der Waals surface area (Å²) in [7, 11) is -6.29. The van der Waals surface area contributed by atoms with Crippen LogP contribution in [-0.4, -0.2) is 37.7 Å². The van der Waals surface area contributed by atoms with Gasteiger partial charge in [0.1, 0.15) is 0 Å². The van der Waals surface area contributed by atoms with Crippen LogP contribution in [-0.2, 0) is 13.4 Å². The third kappa shape index (κ3) is 6.70. The van der Waals surface area contributed by atoms with Crippen molar-refractivity contribution < 1.29 is 23.2 Å². The lowest BCUT2D eigenvalue weighted by atomic mass is 10.9. The van der Waals surface area contributed by atoms with Gasteiger partial charge in [0.2, 0.25) is 0 Å². The van der Waals surface area contributed by atoms with Crippen molar-refractivity contribution in [3.63, 3.8) is 0 Å². The van der Waals surface area contributed by atoms with Gasteiger partial charge in [-0.1, -0.05) is 0 Å². The molecule has 0 bridgehead atoms. The monoisotopic (exact) mass is 242 g/mol. The highest BCUT2D eigenvalue weighted by Gasteiger charge is 2.33. The van der Waals surface area contributed by atoms with Gasteiger partial charge in [-0.25, -0.2) is 0 Å². The molecule has 0 atom stereocenters. The van der Waals surface area contributed by atoms with Crippen molar-refractivity contribution in [2.75, 3.05) is 19.4 Å². The Morgan fingerprint density at radius 3 is 1.93 bits per heavy atom. The normalized spacial score (nSPS) is 13.2. The molecule has 0 saturated carbocycles. The first kappa shape index (κ1) is 14.3. The lowest BCUT2D eigenvalue weighted by Gasteiger charge is -2.25. The van der Waals surface area contributed by atoms with E-state index >= 15 is 0 Å². The Morgan fingerprint density at radius 2 is 1.64 bits per heavy atom. The van der Waals surface area contributed by atoms with E-state index in [1.54, 1.807) is 0 Å². The minimum atomic E-state index is -3.93. The maximum Gasteiger partial charge on any atom is 0.335 e. The second kappa shape index (κ2) is 6.00. The van der Waals surface area contributed by atoms with E-state index in [0.717, 1.165) is 0 Å².